The van der Waals surface area contributed by atoms with E-state index in [4.69, 9.17) is 0 Å². The van der Waals surface area contributed by atoms with E-state index in [0.717, 1.165) is 11.7 Å². The molecule has 1 aromatic rings. The number of hydrogen-bond donors (Lipinski definition) is 1. The van der Waals surface area contributed by atoms with Crippen LogP contribution in [0.15, 0.2) is 6.20 Å². The summed E-state index contributed by atoms with van der Waals surface area (Å²) in [6.45, 7) is 5.03. The van der Waals surface area contributed by atoms with Gasteiger partial charge >= 0.3 is 0 Å². The molecule has 1 atom stereocenters. The Morgan fingerprint density at radius 1 is 1.58 bits per heavy atom. The largest absolute Gasteiger partial charge is 0.347 e. The third-order valence-corrected chi connectivity index (χ3v) is 6.12. The number of hydrogen-bond acceptors (Lipinski definition) is 6. The van der Waals surface area contributed by atoms with Gasteiger partial charge in [-0.1, -0.05) is 13.8 Å². The van der Waals surface area contributed by atoms with Crippen LogP contribution >= 0.6 is 11.3 Å². The molecule has 1 fully saturated rings. The lowest BCUT2D eigenvalue weighted by Gasteiger charge is -2.22. The highest BCUT2D eigenvalue weighted by molar-refractivity contribution is 7.91. The fourth-order valence-electron chi connectivity index (χ4n) is 2.08. The van der Waals surface area contributed by atoms with Crippen LogP contribution in [0.2, 0.25) is 0 Å². The van der Waals surface area contributed by atoms with Gasteiger partial charge in [-0.3, -0.25) is 0 Å². The fraction of sp³-hybridized carbons (Fsp3) is 0.750. The van der Waals surface area contributed by atoms with Crippen molar-refractivity contribution in [2.45, 2.75) is 38.9 Å². The molecule has 0 aromatic carbocycles. The lowest BCUT2D eigenvalue weighted by Crippen LogP contribution is -2.32. The van der Waals surface area contributed by atoms with Crippen molar-refractivity contribution < 1.29 is 8.42 Å². The number of nitrogens with one attached hydrogen (secondary N) is 1. The van der Waals surface area contributed by atoms with Crippen LogP contribution in [0.4, 0.5) is 5.13 Å². The first-order chi connectivity index (χ1) is 8.87. The summed E-state index contributed by atoms with van der Waals surface area (Å²) in [5.41, 5.74) is 0. The predicted octanol–water partition coefficient (Wildman–Crippen LogP) is 1.26. The number of thiazole rings is 1. The lowest BCUT2D eigenvalue weighted by atomic mass is 10.2. The van der Waals surface area contributed by atoms with E-state index in [-0.39, 0.29) is 11.8 Å². The topological polar surface area (TPSA) is 62.3 Å². The van der Waals surface area contributed by atoms with Crippen molar-refractivity contribution in [3.05, 3.63) is 11.1 Å². The van der Waals surface area contributed by atoms with Crippen LogP contribution in [0, 0.1) is 0 Å². The van der Waals surface area contributed by atoms with Gasteiger partial charge in [0.1, 0.15) is 0 Å². The highest BCUT2D eigenvalue weighted by Gasteiger charge is 2.31. The van der Waals surface area contributed by atoms with E-state index in [0.29, 0.717) is 18.2 Å². The van der Waals surface area contributed by atoms with Gasteiger partial charge in [-0.25, -0.2) is 13.4 Å². The van der Waals surface area contributed by atoms with Crippen LogP contribution in [0.3, 0.4) is 0 Å². The summed E-state index contributed by atoms with van der Waals surface area (Å²) < 4.78 is 23.0. The average Bonchev–Trinajstić information content (AvgIpc) is 2.92. The predicted molar refractivity (Wildman–Crippen MR) is 79.6 cm³/mol. The first-order valence-corrected chi connectivity index (χ1v) is 9.12. The Morgan fingerprint density at radius 2 is 2.32 bits per heavy atom. The Balaban J connectivity index is 1.98. The standard InChI is InChI=1S/C12H21N3O2S2/c1-9(2)13-6-11-7-14-12(18-11)15(3)10-4-5-19(16,17)8-10/h7,9-10,13H,4-6,8H2,1-3H3. The van der Waals surface area contributed by atoms with Gasteiger partial charge in [-0.2, -0.15) is 0 Å². The van der Waals surface area contributed by atoms with Crippen LogP contribution in [0.5, 0.6) is 0 Å². The zero-order valence-corrected chi connectivity index (χ0v) is 13.2. The smallest absolute Gasteiger partial charge is 0.185 e. The number of sulfone groups is 1. The molecule has 0 saturated carbocycles. The number of nitrogens with zero attached hydrogens (tertiary/aromatic N) is 2. The molecule has 1 aliphatic heterocycles. The molecular formula is C12H21N3O2S2. The van der Waals surface area contributed by atoms with Crippen molar-refractivity contribution in [1.29, 1.82) is 0 Å². The maximum absolute atomic E-state index is 11.5. The van der Waals surface area contributed by atoms with Gasteiger partial charge in [0.05, 0.1) is 11.5 Å². The first-order valence-electron chi connectivity index (χ1n) is 6.49. The average molecular weight is 303 g/mol. The second-order valence-corrected chi connectivity index (χ2v) is 8.63. The Hall–Kier alpha value is -0.660. The van der Waals surface area contributed by atoms with Crippen molar-refractivity contribution in [2.75, 3.05) is 23.5 Å². The van der Waals surface area contributed by atoms with Crippen LogP contribution < -0.4 is 10.2 Å². The minimum absolute atomic E-state index is 0.0713. The normalized spacial score (nSPS) is 22.0. The molecule has 1 saturated heterocycles. The van der Waals surface area contributed by atoms with Crippen molar-refractivity contribution in [1.82, 2.24) is 10.3 Å². The molecule has 108 valence electrons. The summed E-state index contributed by atoms with van der Waals surface area (Å²) in [6.07, 6.45) is 2.58. The highest BCUT2D eigenvalue weighted by Crippen LogP contribution is 2.27. The van der Waals surface area contributed by atoms with E-state index < -0.39 is 9.84 Å². The van der Waals surface area contributed by atoms with Gasteiger partial charge < -0.3 is 10.2 Å². The molecule has 0 aliphatic carbocycles. The summed E-state index contributed by atoms with van der Waals surface area (Å²) in [4.78, 5) is 7.58. The fourth-order valence-corrected chi connectivity index (χ4v) is 4.75. The van der Waals surface area contributed by atoms with Gasteiger partial charge in [0, 0.05) is 36.8 Å². The Bertz CT molecular complexity index is 525. The maximum atomic E-state index is 11.5. The Kier molecular flexibility index (Phi) is 4.47. The zero-order chi connectivity index (χ0) is 14.0. The maximum Gasteiger partial charge on any atom is 0.185 e. The molecule has 0 radical (unpaired) electrons. The Labute approximate surface area is 119 Å². The van der Waals surface area contributed by atoms with E-state index in [1.807, 2.05) is 18.1 Å². The van der Waals surface area contributed by atoms with Gasteiger partial charge in [0.15, 0.2) is 15.0 Å². The molecule has 1 N–H and O–H groups in total. The summed E-state index contributed by atoms with van der Waals surface area (Å²) in [5.74, 6) is 0.553. The summed E-state index contributed by atoms with van der Waals surface area (Å²) in [5, 5.41) is 4.26. The molecular weight excluding hydrogens is 282 g/mol. The van der Waals surface area contributed by atoms with Crippen LogP contribution in [-0.2, 0) is 16.4 Å². The highest BCUT2D eigenvalue weighted by atomic mass is 32.2. The minimum Gasteiger partial charge on any atom is -0.347 e. The monoisotopic (exact) mass is 303 g/mol. The minimum atomic E-state index is -2.84. The van der Waals surface area contributed by atoms with Crippen molar-refractivity contribution in [2.24, 2.45) is 0 Å². The summed E-state index contributed by atoms with van der Waals surface area (Å²) >= 11 is 1.63. The van der Waals surface area contributed by atoms with Crippen LogP contribution in [-0.4, -0.2) is 44.0 Å². The molecule has 5 nitrogen and oxygen atoms in total. The second-order valence-electron chi connectivity index (χ2n) is 5.31. The van der Waals surface area contributed by atoms with E-state index in [9.17, 15) is 8.42 Å². The molecule has 2 rings (SSSR count). The second kappa shape index (κ2) is 5.76. The van der Waals surface area contributed by atoms with Gasteiger partial charge in [0.2, 0.25) is 0 Å². The van der Waals surface area contributed by atoms with Gasteiger partial charge in [-0.15, -0.1) is 11.3 Å². The summed E-state index contributed by atoms with van der Waals surface area (Å²) in [7, 11) is -0.906. The quantitative estimate of drug-likeness (QED) is 0.887. The lowest BCUT2D eigenvalue weighted by molar-refractivity contribution is 0.593. The molecule has 19 heavy (non-hydrogen) atoms. The number of anilines is 1. The zero-order valence-electron chi connectivity index (χ0n) is 11.6. The third-order valence-electron chi connectivity index (χ3n) is 3.28. The Morgan fingerprint density at radius 3 is 2.89 bits per heavy atom. The molecule has 2 heterocycles. The number of rotatable bonds is 5. The summed E-state index contributed by atoms with van der Waals surface area (Å²) in [6, 6.07) is 0.519. The molecule has 0 amide bonds. The van der Waals surface area contributed by atoms with Crippen molar-refractivity contribution in [3.8, 4) is 0 Å². The molecule has 0 spiro atoms. The molecule has 1 unspecified atom stereocenters. The molecule has 0 bridgehead atoms. The van der Waals surface area contributed by atoms with E-state index in [1.54, 1.807) is 11.3 Å². The van der Waals surface area contributed by atoms with Gasteiger partial charge in [0.25, 0.3) is 0 Å². The third kappa shape index (κ3) is 3.90. The van der Waals surface area contributed by atoms with Gasteiger partial charge in [-0.05, 0) is 6.42 Å². The van der Waals surface area contributed by atoms with Crippen molar-refractivity contribution in [3.63, 3.8) is 0 Å². The first kappa shape index (κ1) is 14.7. The van der Waals surface area contributed by atoms with E-state index in [1.165, 1.54) is 4.88 Å². The molecule has 7 heteroatoms. The van der Waals surface area contributed by atoms with E-state index in [2.05, 4.69) is 24.1 Å². The van der Waals surface area contributed by atoms with Crippen molar-refractivity contribution >= 4 is 26.3 Å². The van der Waals surface area contributed by atoms with Crippen LogP contribution in [0.25, 0.3) is 0 Å². The SMILES string of the molecule is CC(C)NCc1cnc(N(C)C2CCS(=O)(=O)C2)s1. The molecule has 1 aliphatic rings. The van der Waals surface area contributed by atoms with Crippen LogP contribution in [0.1, 0.15) is 25.1 Å². The number of aromatic nitrogens is 1. The van der Waals surface area contributed by atoms with E-state index >= 15 is 0 Å². The molecule has 1 aromatic heterocycles.